The van der Waals surface area contributed by atoms with Crippen LogP contribution in [0, 0.1) is 6.92 Å². The van der Waals surface area contributed by atoms with Crippen molar-refractivity contribution in [1.82, 2.24) is 0 Å². The van der Waals surface area contributed by atoms with Crippen LogP contribution in [-0.4, -0.2) is 23.9 Å². The Morgan fingerprint density at radius 1 is 1.42 bits per heavy atom. The van der Waals surface area contributed by atoms with E-state index in [1.165, 1.54) is 0 Å². The van der Waals surface area contributed by atoms with E-state index in [-0.39, 0.29) is 17.2 Å². The smallest absolute Gasteiger partial charge is 0.338 e. The lowest BCUT2D eigenvalue weighted by Gasteiger charge is -2.13. The molecule has 1 rings (SSSR count). The van der Waals surface area contributed by atoms with E-state index in [2.05, 4.69) is 5.32 Å². The molecule has 5 heteroatoms. The van der Waals surface area contributed by atoms with Crippen molar-refractivity contribution in [2.75, 3.05) is 11.9 Å². The van der Waals surface area contributed by atoms with E-state index in [0.717, 1.165) is 5.56 Å². The number of thiocarbonyl (C=S) groups is 1. The van der Waals surface area contributed by atoms with Crippen LogP contribution in [0.15, 0.2) is 18.2 Å². The molecule has 1 aromatic rings. The molecule has 0 unspecified atom stereocenters. The fourth-order valence-electron chi connectivity index (χ4n) is 1.49. The predicted molar refractivity (Wildman–Crippen MR) is 79.6 cm³/mol. The molecule has 0 radical (unpaired) electrons. The zero-order valence-electron chi connectivity index (χ0n) is 11.6. The molecule has 0 atom stereocenters. The zero-order valence-corrected chi connectivity index (χ0v) is 12.5. The van der Waals surface area contributed by atoms with Crippen LogP contribution in [0.2, 0.25) is 0 Å². The van der Waals surface area contributed by atoms with Crippen molar-refractivity contribution in [3.05, 3.63) is 29.3 Å². The Hall–Kier alpha value is -1.62. The molecule has 1 N–H and O–H groups in total. The van der Waals surface area contributed by atoms with Gasteiger partial charge < -0.3 is 14.8 Å². The fraction of sp³-hybridized carbons (Fsp3) is 0.429. The van der Waals surface area contributed by atoms with Gasteiger partial charge in [-0.25, -0.2) is 4.79 Å². The molecule has 0 spiro atoms. The molecule has 0 fully saturated rings. The zero-order chi connectivity index (χ0) is 14.4. The quantitative estimate of drug-likeness (QED) is 0.678. The average Bonchev–Trinajstić information content (AvgIpc) is 2.30. The van der Waals surface area contributed by atoms with Gasteiger partial charge in [-0.2, -0.15) is 0 Å². The first-order valence-corrected chi connectivity index (χ1v) is 6.60. The number of nitrogens with one attached hydrogen (secondary N) is 1. The topological polar surface area (TPSA) is 47.6 Å². The summed E-state index contributed by atoms with van der Waals surface area (Å²) < 4.78 is 10.3. The minimum atomic E-state index is -0.334. The summed E-state index contributed by atoms with van der Waals surface area (Å²) in [6.45, 7) is 7.78. The van der Waals surface area contributed by atoms with Gasteiger partial charge >= 0.3 is 5.97 Å². The highest BCUT2D eigenvalue weighted by molar-refractivity contribution is 7.80. The Morgan fingerprint density at radius 2 is 2.11 bits per heavy atom. The molecule has 4 nitrogen and oxygen atoms in total. The van der Waals surface area contributed by atoms with Crippen LogP contribution in [0.4, 0.5) is 5.69 Å². The van der Waals surface area contributed by atoms with Crippen LogP contribution in [-0.2, 0) is 9.47 Å². The summed E-state index contributed by atoms with van der Waals surface area (Å²) in [5.41, 5.74) is 2.10. The summed E-state index contributed by atoms with van der Waals surface area (Å²) >= 11 is 5.06. The van der Waals surface area contributed by atoms with Gasteiger partial charge in [-0.05, 0) is 57.6 Å². The monoisotopic (exact) mass is 281 g/mol. The van der Waals surface area contributed by atoms with Crippen molar-refractivity contribution < 1.29 is 14.3 Å². The summed E-state index contributed by atoms with van der Waals surface area (Å²) in [7, 11) is 0. The molecule has 0 aliphatic heterocycles. The van der Waals surface area contributed by atoms with Gasteiger partial charge in [-0.3, -0.25) is 0 Å². The van der Waals surface area contributed by atoms with Gasteiger partial charge in [0.25, 0.3) is 5.17 Å². The van der Waals surface area contributed by atoms with Crippen LogP contribution in [0.1, 0.15) is 36.7 Å². The minimum Gasteiger partial charge on any atom is -0.468 e. The van der Waals surface area contributed by atoms with Crippen molar-refractivity contribution in [2.45, 2.75) is 33.8 Å². The molecule has 0 bridgehead atoms. The summed E-state index contributed by atoms with van der Waals surface area (Å²) in [6.07, 6.45) is 0.00924. The largest absolute Gasteiger partial charge is 0.468 e. The Labute approximate surface area is 119 Å². The van der Waals surface area contributed by atoms with Crippen molar-refractivity contribution in [3.63, 3.8) is 0 Å². The molecule has 0 amide bonds. The second kappa shape index (κ2) is 7.09. The van der Waals surface area contributed by atoms with Gasteiger partial charge in [0.15, 0.2) is 0 Å². The van der Waals surface area contributed by atoms with Crippen molar-refractivity contribution in [2.24, 2.45) is 0 Å². The van der Waals surface area contributed by atoms with Gasteiger partial charge in [-0.15, -0.1) is 0 Å². The summed E-state index contributed by atoms with van der Waals surface area (Å²) in [4.78, 5) is 11.8. The lowest BCUT2D eigenvalue weighted by molar-refractivity contribution is 0.0525. The number of carbonyl (C=O) groups excluding carboxylic acids is 1. The van der Waals surface area contributed by atoms with Gasteiger partial charge in [0, 0.05) is 5.69 Å². The standard InChI is InChI=1S/C14H19NO3S/c1-5-17-13(16)12-8-11(7-6-10(12)4)15-14(19)18-9(2)3/h6-9H,5H2,1-4H3,(H,15,19). The lowest BCUT2D eigenvalue weighted by atomic mass is 10.1. The third-order valence-electron chi connectivity index (χ3n) is 2.32. The van der Waals surface area contributed by atoms with E-state index in [9.17, 15) is 4.79 Å². The highest BCUT2D eigenvalue weighted by Crippen LogP contribution is 2.17. The second-order valence-electron chi connectivity index (χ2n) is 4.33. The van der Waals surface area contributed by atoms with E-state index in [0.29, 0.717) is 17.9 Å². The number of hydrogen-bond acceptors (Lipinski definition) is 4. The molecular weight excluding hydrogens is 262 g/mol. The maximum atomic E-state index is 11.8. The van der Waals surface area contributed by atoms with Crippen LogP contribution in [0.25, 0.3) is 0 Å². The van der Waals surface area contributed by atoms with Gasteiger partial charge in [0.2, 0.25) is 0 Å². The maximum absolute atomic E-state index is 11.8. The summed E-state index contributed by atoms with van der Waals surface area (Å²) in [5.74, 6) is -0.334. The third kappa shape index (κ3) is 4.87. The van der Waals surface area contributed by atoms with E-state index in [4.69, 9.17) is 21.7 Å². The lowest BCUT2D eigenvalue weighted by Crippen LogP contribution is -2.18. The first kappa shape index (κ1) is 15.4. The summed E-state index contributed by atoms with van der Waals surface area (Å²) in [6, 6.07) is 5.39. The maximum Gasteiger partial charge on any atom is 0.338 e. The first-order chi connectivity index (χ1) is 8.93. The number of aryl methyl sites for hydroxylation is 1. The number of esters is 1. The third-order valence-corrected chi connectivity index (χ3v) is 2.52. The van der Waals surface area contributed by atoms with Gasteiger partial charge in [0.1, 0.15) is 0 Å². The SMILES string of the molecule is CCOC(=O)c1cc(NC(=S)OC(C)C)ccc1C. The highest BCUT2D eigenvalue weighted by atomic mass is 32.1. The second-order valence-corrected chi connectivity index (χ2v) is 4.70. The minimum absolute atomic E-state index is 0.00924. The van der Waals surface area contributed by atoms with Crippen LogP contribution in [0.3, 0.4) is 0 Å². The number of rotatable bonds is 4. The van der Waals surface area contributed by atoms with Crippen molar-refractivity contribution >= 4 is 29.0 Å². The van der Waals surface area contributed by atoms with Crippen LogP contribution < -0.4 is 5.32 Å². The Morgan fingerprint density at radius 3 is 2.68 bits per heavy atom. The van der Waals surface area contributed by atoms with Crippen LogP contribution in [0.5, 0.6) is 0 Å². The Balaban J connectivity index is 2.84. The molecule has 0 aromatic heterocycles. The number of anilines is 1. The van der Waals surface area contributed by atoms with Gasteiger partial charge in [-0.1, -0.05) is 6.07 Å². The molecule has 19 heavy (non-hydrogen) atoms. The molecule has 0 aliphatic rings. The fourth-order valence-corrected chi connectivity index (χ4v) is 1.80. The van der Waals surface area contributed by atoms with Crippen molar-refractivity contribution in [3.8, 4) is 0 Å². The van der Waals surface area contributed by atoms with Crippen molar-refractivity contribution in [1.29, 1.82) is 0 Å². The van der Waals surface area contributed by atoms with Crippen LogP contribution >= 0.6 is 12.2 Å². The number of hydrogen-bond donors (Lipinski definition) is 1. The Kier molecular flexibility index (Phi) is 5.76. The molecule has 1 aromatic carbocycles. The van der Waals surface area contributed by atoms with E-state index in [1.54, 1.807) is 13.0 Å². The number of benzene rings is 1. The van der Waals surface area contributed by atoms with Gasteiger partial charge in [0.05, 0.1) is 18.3 Å². The summed E-state index contributed by atoms with van der Waals surface area (Å²) in [5, 5.41) is 3.23. The van der Waals surface area contributed by atoms with E-state index in [1.807, 2.05) is 32.9 Å². The predicted octanol–water partition coefficient (Wildman–Crippen LogP) is 3.29. The molecule has 0 heterocycles. The molecule has 104 valence electrons. The molecule has 0 saturated heterocycles. The number of ether oxygens (including phenoxy) is 2. The molecular formula is C14H19NO3S. The average molecular weight is 281 g/mol. The van der Waals surface area contributed by atoms with E-state index >= 15 is 0 Å². The molecule has 0 saturated carbocycles. The highest BCUT2D eigenvalue weighted by Gasteiger charge is 2.11. The number of carbonyl (C=O) groups is 1. The van der Waals surface area contributed by atoms with E-state index < -0.39 is 0 Å². The normalized spacial score (nSPS) is 10.2. The molecule has 0 aliphatic carbocycles. The first-order valence-electron chi connectivity index (χ1n) is 6.19. The Bertz CT molecular complexity index is 472.